The molecule has 0 bridgehead atoms. The lowest BCUT2D eigenvalue weighted by Gasteiger charge is -2.12. The normalized spacial score (nSPS) is 11.2. The SMILES string of the molecule is O=c1c2ccccc2nc(-c2ccccc2)n1N=Cc1cc(Cl)c(OCc2cccc([N+](=O)[O-])c2)c(Br)c1. The molecule has 0 spiro atoms. The van der Waals surface area contributed by atoms with E-state index in [-0.39, 0.29) is 17.9 Å². The Morgan fingerprint density at radius 1 is 1.03 bits per heavy atom. The molecule has 0 atom stereocenters. The van der Waals surface area contributed by atoms with Crippen LogP contribution < -0.4 is 10.3 Å². The minimum absolute atomic E-state index is 0.0175. The van der Waals surface area contributed by atoms with Crippen LogP contribution in [-0.2, 0) is 6.61 Å². The highest BCUT2D eigenvalue weighted by Gasteiger charge is 2.14. The van der Waals surface area contributed by atoms with Crippen molar-refractivity contribution in [3.05, 3.63) is 132 Å². The zero-order valence-corrected chi connectivity index (χ0v) is 22.0. The Balaban J connectivity index is 1.46. The number of fused-ring (bicyclic) bond motifs is 1. The Kier molecular flexibility index (Phi) is 7.30. The van der Waals surface area contributed by atoms with Crippen molar-refractivity contribution in [1.82, 2.24) is 9.66 Å². The van der Waals surface area contributed by atoms with Gasteiger partial charge in [-0.3, -0.25) is 14.9 Å². The summed E-state index contributed by atoms with van der Waals surface area (Å²) in [4.78, 5) is 28.6. The van der Waals surface area contributed by atoms with Crippen molar-refractivity contribution in [2.45, 2.75) is 6.61 Å². The van der Waals surface area contributed by atoms with E-state index in [2.05, 4.69) is 26.0 Å². The van der Waals surface area contributed by atoms with E-state index in [9.17, 15) is 14.9 Å². The fourth-order valence-electron chi connectivity index (χ4n) is 3.84. The molecule has 188 valence electrons. The van der Waals surface area contributed by atoms with Gasteiger partial charge in [-0.25, -0.2) is 4.98 Å². The molecule has 0 fully saturated rings. The van der Waals surface area contributed by atoms with Crippen LogP contribution in [0.3, 0.4) is 0 Å². The van der Waals surface area contributed by atoms with Crippen molar-refractivity contribution in [3.63, 3.8) is 0 Å². The van der Waals surface area contributed by atoms with Crippen molar-refractivity contribution in [2.24, 2.45) is 5.10 Å². The number of nitro groups is 1. The molecule has 0 unspecified atom stereocenters. The van der Waals surface area contributed by atoms with E-state index < -0.39 is 4.92 Å². The maximum atomic E-state index is 13.3. The molecule has 0 saturated heterocycles. The number of nitrogens with zero attached hydrogens (tertiary/aromatic N) is 4. The first-order valence-electron chi connectivity index (χ1n) is 11.4. The molecule has 0 aliphatic heterocycles. The molecule has 10 heteroatoms. The largest absolute Gasteiger partial charge is 0.486 e. The molecule has 0 amide bonds. The highest BCUT2D eigenvalue weighted by Crippen LogP contribution is 2.35. The second kappa shape index (κ2) is 11.0. The molecule has 8 nitrogen and oxygen atoms in total. The number of para-hydroxylation sites is 1. The van der Waals surface area contributed by atoms with Crippen molar-refractivity contribution in [3.8, 4) is 17.1 Å². The van der Waals surface area contributed by atoms with Crippen LogP contribution >= 0.6 is 27.5 Å². The number of non-ortho nitro benzene ring substituents is 1. The molecular weight excluding hydrogens is 572 g/mol. The number of nitro benzene ring substituents is 1. The molecule has 0 aliphatic carbocycles. The molecule has 4 aromatic carbocycles. The van der Waals surface area contributed by atoms with Crippen molar-refractivity contribution in [1.29, 1.82) is 0 Å². The monoisotopic (exact) mass is 588 g/mol. The van der Waals surface area contributed by atoms with Gasteiger partial charge < -0.3 is 4.74 Å². The number of benzene rings is 4. The number of hydrogen-bond acceptors (Lipinski definition) is 6. The Bertz CT molecular complexity index is 1730. The maximum Gasteiger partial charge on any atom is 0.282 e. The second-order valence-corrected chi connectivity index (χ2v) is 9.47. The Hall–Kier alpha value is -4.34. The fraction of sp³-hybridized carbons (Fsp3) is 0.0357. The van der Waals surface area contributed by atoms with Gasteiger partial charge in [-0.15, -0.1) is 0 Å². The van der Waals surface area contributed by atoms with Crippen LogP contribution in [0.2, 0.25) is 5.02 Å². The summed E-state index contributed by atoms with van der Waals surface area (Å²) in [5, 5.41) is 16.2. The lowest BCUT2D eigenvalue weighted by atomic mass is 10.2. The molecule has 0 N–H and O–H groups in total. The van der Waals surface area contributed by atoms with Crippen LogP contribution in [0, 0.1) is 10.1 Å². The second-order valence-electron chi connectivity index (χ2n) is 8.21. The molecule has 1 heterocycles. The summed E-state index contributed by atoms with van der Waals surface area (Å²) < 4.78 is 7.67. The Labute approximate surface area is 230 Å². The molecule has 5 rings (SSSR count). The number of rotatable bonds is 7. The Morgan fingerprint density at radius 2 is 1.79 bits per heavy atom. The van der Waals surface area contributed by atoms with Gasteiger partial charge in [-0.1, -0.05) is 66.2 Å². The summed E-state index contributed by atoms with van der Waals surface area (Å²) in [6.45, 7) is 0.0893. The smallest absolute Gasteiger partial charge is 0.282 e. The predicted octanol–water partition coefficient (Wildman–Crippen LogP) is 6.85. The van der Waals surface area contributed by atoms with Gasteiger partial charge >= 0.3 is 0 Å². The van der Waals surface area contributed by atoms with Crippen molar-refractivity contribution >= 4 is 50.3 Å². The van der Waals surface area contributed by atoms with E-state index in [4.69, 9.17) is 16.3 Å². The summed E-state index contributed by atoms with van der Waals surface area (Å²) in [5.41, 5.74) is 2.26. The first kappa shape index (κ1) is 25.3. The number of hydrogen-bond donors (Lipinski definition) is 0. The topological polar surface area (TPSA) is 99.6 Å². The molecule has 0 radical (unpaired) electrons. The molecule has 5 aromatic rings. The highest BCUT2D eigenvalue weighted by atomic mass is 79.9. The fourth-order valence-corrected chi connectivity index (χ4v) is 4.83. The third-order valence-electron chi connectivity index (χ3n) is 5.63. The molecule has 0 aliphatic rings. The Morgan fingerprint density at radius 3 is 2.55 bits per heavy atom. The molecule has 38 heavy (non-hydrogen) atoms. The van der Waals surface area contributed by atoms with E-state index in [1.165, 1.54) is 23.0 Å². The van der Waals surface area contributed by atoms with Gasteiger partial charge in [0.15, 0.2) is 11.6 Å². The summed E-state index contributed by atoms with van der Waals surface area (Å²) in [6.07, 6.45) is 1.52. The van der Waals surface area contributed by atoms with E-state index in [1.807, 2.05) is 36.4 Å². The zero-order chi connectivity index (χ0) is 26.6. The summed E-state index contributed by atoms with van der Waals surface area (Å²) in [6, 6.07) is 26.1. The first-order valence-corrected chi connectivity index (χ1v) is 12.5. The number of aromatic nitrogens is 2. The van der Waals surface area contributed by atoms with Gasteiger partial charge in [0.05, 0.1) is 31.5 Å². The van der Waals surface area contributed by atoms with Gasteiger partial charge in [0.2, 0.25) is 0 Å². The van der Waals surface area contributed by atoms with Gasteiger partial charge in [0, 0.05) is 17.7 Å². The van der Waals surface area contributed by atoms with Gasteiger partial charge in [0.25, 0.3) is 11.2 Å². The van der Waals surface area contributed by atoms with E-state index >= 15 is 0 Å². The van der Waals surface area contributed by atoms with E-state index in [0.717, 1.165) is 5.56 Å². The first-order chi connectivity index (χ1) is 18.4. The summed E-state index contributed by atoms with van der Waals surface area (Å²) in [5.74, 6) is 0.789. The quantitative estimate of drug-likeness (QED) is 0.117. The zero-order valence-electron chi connectivity index (χ0n) is 19.6. The number of ether oxygens (including phenoxy) is 1. The predicted molar refractivity (Wildman–Crippen MR) is 151 cm³/mol. The van der Waals surface area contributed by atoms with Crippen LogP contribution in [0.4, 0.5) is 5.69 Å². The lowest BCUT2D eigenvalue weighted by molar-refractivity contribution is -0.384. The van der Waals surface area contributed by atoms with Crippen molar-refractivity contribution in [2.75, 3.05) is 0 Å². The summed E-state index contributed by atoms with van der Waals surface area (Å²) in [7, 11) is 0. The maximum absolute atomic E-state index is 13.3. The molecule has 0 saturated carbocycles. The van der Waals surface area contributed by atoms with Gasteiger partial charge in [0.1, 0.15) is 6.61 Å². The summed E-state index contributed by atoms with van der Waals surface area (Å²) >= 11 is 9.97. The minimum Gasteiger partial charge on any atom is -0.486 e. The average Bonchev–Trinajstić information content (AvgIpc) is 2.92. The van der Waals surface area contributed by atoms with Gasteiger partial charge in [-0.05, 0) is 51.3 Å². The average molecular weight is 590 g/mol. The van der Waals surface area contributed by atoms with Crippen LogP contribution in [0.5, 0.6) is 5.75 Å². The van der Waals surface area contributed by atoms with Crippen LogP contribution in [0.25, 0.3) is 22.3 Å². The standard InChI is InChI=1S/C28H18BrClN4O4/c29-23-14-19(15-24(30)26(23)38-17-18-7-6-10-21(13-18)34(36)37)16-31-33-27(20-8-2-1-3-9-20)32-25-12-5-4-11-22(25)28(33)35/h1-16H,17H2. The van der Waals surface area contributed by atoms with Crippen LogP contribution in [0.1, 0.15) is 11.1 Å². The molecular formula is C28H18BrClN4O4. The van der Waals surface area contributed by atoms with Gasteiger partial charge in [-0.2, -0.15) is 9.78 Å². The highest BCUT2D eigenvalue weighted by molar-refractivity contribution is 9.10. The van der Waals surface area contributed by atoms with Crippen LogP contribution in [-0.4, -0.2) is 20.8 Å². The minimum atomic E-state index is -0.458. The van der Waals surface area contributed by atoms with E-state index in [0.29, 0.717) is 43.1 Å². The van der Waals surface area contributed by atoms with Crippen LogP contribution in [0.15, 0.2) is 105 Å². The third-order valence-corrected chi connectivity index (χ3v) is 6.50. The van der Waals surface area contributed by atoms with E-state index in [1.54, 1.807) is 42.5 Å². The lowest BCUT2D eigenvalue weighted by Crippen LogP contribution is -2.20. The molecule has 1 aromatic heterocycles. The van der Waals surface area contributed by atoms with Crippen molar-refractivity contribution < 1.29 is 9.66 Å². The number of halogens is 2. The third kappa shape index (κ3) is 5.34.